The molecule has 2 aliphatic rings. The fourth-order valence-electron chi connectivity index (χ4n) is 4.02. The molecule has 2 aliphatic heterocycles. The highest BCUT2D eigenvalue weighted by Crippen LogP contribution is 2.21. The van der Waals surface area contributed by atoms with E-state index in [0.29, 0.717) is 19.6 Å². The first-order chi connectivity index (χ1) is 14.7. The molecule has 2 fully saturated rings. The van der Waals surface area contributed by atoms with Crippen LogP contribution in [0.15, 0.2) is 48.5 Å². The number of rotatable bonds is 5. The summed E-state index contributed by atoms with van der Waals surface area (Å²) >= 11 is 0. The Labute approximate surface area is 177 Å². The monoisotopic (exact) mass is 410 g/mol. The molecule has 0 saturated carbocycles. The van der Waals surface area contributed by atoms with Gasteiger partial charge in [-0.25, -0.2) is 4.79 Å². The van der Waals surface area contributed by atoms with Crippen molar-refractivity contribution >= 4 is 11.7 Å². The number of aromatic hydroxyl groups is 1. The summed E-state index contributed by atoms with van der Waals surface area (Å²) < 4.78 is 5.44. The smallest absolute Gasteiger partial charge is 0.317 e. The summed E-state index contributed by atoms with van der Waals surface area (Å²) in [4.78, 5) is 19.2. The van der Waals surface area contributed by atoms with E-state index in [-0.39, 0.29) is 11.8 Å². The van der Waals surface area contributed by atoms with Crippen LogP contribution in [-0.4, -0.2) is 73.4 Å². The number of morpholine rings is 1. The number of benzene rings is 2. The first kappa shape index (κ1) is 20.5. The lowest BCUT2D eigenvalue weighted by molar-refractivity contribution is 0.0340. The summed E-state index contributed by atoms with van der Waals surface area (Å²) in [5, 5.41) is 12.8. The normalized spacial score (nSPS) is 17.7. The van der Waals surface area contributed by atoms with Gasteiger partial charge in [-0.15, -0.1) is 0 Å². The average molecular weight is 411 g/mol. The highest BCUT2D eigenvalue weighted by atomic mass is 16.5. The van der Waals surface area contributed by atoms with Crippen molar-refractivity contribution in [1.82, 2.24) is 15.1 Å². The van der Waals surface area contributed by atoms with Gasteiger partial charge < -0.3 is 25.0 Å². The van der Waals surface area contributed by atoms with Crippen LogP contribution in [0.1, 0.15) is 11.1 Å². The van der Waals surface area contributed by atoms with Gasteiger partial charge in [0.25, 0.3) is 0 Å². The van der Waals surface area contributed by atoms with Crippen LogP contribution >= 0.6 is 0 Å². The standard InChI is InChI=1S/C23H30N4O3/c28-22-7-3-6-21(16-22)26-8-10-27(11-9-26)23(29)24-17-19-4-1-2-5-20(19)18-25-12-14-30-15-13-25/h1-7,16,28H,8-15,17-18H2,(H,24,29). The number of carbonyl (C=O) groups excluding carboxylic acids is 1. The minimum Gasteiger partial charge on any atom is -0.508 e. The van der Waals surface area contributed by atoms with E-state index in [1.165, 1.54) is 5.56 Å². The van der Waals surface area contributed by atoms with E-state index in [1.54, 1.807) is 12.1 Å². The maximum atomic E-state index is 12.7. The fourth-order valence-corrected chi connectivity index (χ4v) is 4.02. The second kappa shape index (κ2) is 9.82. The van der Waals surface area contributed by atoms with Crippen LogP contribution in [0.5, 0.6) is 5.75 Å². The highest BCUT2D eigenvalue weighted by molar-refractivity contribution is 5.74. The first-order valence-electron chi connectivity index (χ1n) is 10.6. The van der Waals surface area contributed by atoms with Crippen LogP contribution in [0.25, 0.3) is 0 Å². The number of hydrogen-bond acceptors (Lipinski definition) is 5. The number of nitrogens with zero attached hydrogens (tertiary/aromatic N) is 3. The topological polar surface area (TPSA) is 68.3 Å². The summed E-state index contributed by atoms with van der Waals surface area (Å²) in [6.45, 7) is 7.72. The van der Waals surface area contributed by atoms with E-state index in [2.05, 4.69) is 33.3 Å². The van der Waals surface area contributed by atoms with E-state index in [9.17, 15) is 9.90 Å². The number of nitrogens with one attached hydrogen (secondary N) is 1. The van der Waals surface area contributed by atoms with E-state index in [0.717, 1.165) is 57.2 Å². The molecule has 2 saturated heterocycles. The molecule has 2 aromatic rings. The minimum absolute atomic E-state index is 0.0215. The molecule has 7 nitrogen and oxygen atoms in total. The Hall–Kier alpha value is -2.77. The van der Waals surface area contributed by atoms with Crippen LogP contribution in [0, 0.1) is 0 Å². The van der Waals surface area contributed by atoms with E-state index < -0.39 is 0 Å². The Morgan fingerprint density at radius 3 is 2.40 bits per heavy atom. The zero-order valence-corrected chi connectivity index (χ0v) is 17.3. The minimum atomic E-state index is -0.0215. The van der Waals surface area contributed by atoms with Gasteiger partial charge in [-0.3, -0.25) is 4.90 Å². The van der Waals surface area contributed by atoms with Crippen molar-refractivity contribution in [3.8, 4) is 5.75 Å². The van der Waals surface area contributed by atoms with Gasteiger partial charge in [-0.1, -0.05) is 30.3 Å². The molecule has 2 aromatic carbocycles. The van der Waals surface area contributed by atoms with Crippen molar-refractivity contribution in [3.63, 3.8) is 0 Å². The van der Waals surface area contributed by atoms with Crippen LogP contribution in [-0.2, 0) is 17.8 Å². The van der Waals surface area contributed by atoms with Crippen LogP contribution in [0.3, 0.4) is 0 Å². The molecule has 0 radical (unpaired) electrons. The number of carbonyl (C=O) groups is 1. The van der Waals surface area contributed by atoms with Crippen molar-refractivity contribution < 1.29 is 14.6 Å². The van der Waals surface area contributed by atoms with Gasteiger partial charge >= 0.3 is 6.03 Å². The number of urea groups is 1. The number of amides is 2. The molecule has 0 atom stereocenters. The average Bonchev–Trinajstić information content (AvgIpc) is 2.79. The molecular formula is C23H30N4O3. The fraction of sp³-hybridized carbons (Fsp3) is 0.435. The number of anilines is 1. The maximum Gasteiger partial charge on any atom is 0.317 e. The largest absolute Gasteiger partial charge is 0.508 e. The molecule has 160 valence electrons. The van der Waals surface area contributed by atoms with Crippen LogP contribution in [0.2, 0.25) is 0 Å². The molecule has 0 spiro atoms. The van der Waals surface area contributed by atoms with E-state index >= 15 is 0 Å². The summed E-state index contributed by atoms with van der Waals surface area (Å²) in [5.74, 6) is 0.267. The number of ether oxygens (including phenoxy) is 1. The van der Waals surface area contributed by atoms with E-state index in [4.69, 9.17) is 4.74 Å². The van der Waals surface area contributed by atoms with Crippen LogP contribution < -0.4 is 10.2 Å². The Kier molecular flexibility index (Phi) is 6.71. The SMILES string of the molecule is O=C(NCc1ccccc1CN1CCOCC1)N1CCN(c2cccc(O)c2)CC1. The highest BCUT2D eigenvalue weighted by Gasteiger charge is 2.21. The lowest BCUT2D eigenvalue weighted by Crippen LogP contribution is -2.51. The zero-order valence-electron chi connectivity index (χ0n) is 17.3. The molecule has 0 unspecified atom stereocenters. The van der Waals surface area contributed by atoms with Gasteiger partial charge in [0.05, 0.1) is 13.2 Å². The van der Waals surface area contributed by atoms with Crippen molar-refractivity contribution in [2.45, 2.75) is 13.1 Å². The quantitative estimate of drug-likeness (QED) is 0.792. The predicted molar refractivity (Wildman–Crippen MR) is 117 cm³/mol. The predicted octanol–water partition coefficient (Wildman–Crippen LogP) is 2.26. The third-order valence-electron chi connectivity index (χ3n) is 5.81. The molecule has 7 heteroatoms. The molecule has 2 N–H and O–H groups in total. The third-order valence-corrected chi connectivity index (χ3v) is 5.81. The molecule has 2 amide bonds. The number of phenols is 1. The van der Waals surface area contributed by atoms with Crippen molar-refractivity contribution in [1.29, 1.82) is 0 Å². The van der Waals surface area contributed by atoms with Gasteiger partial charge in [0.1, 0.15) is 5.75 Å². The molecule has 30 heavy (non-hydrogen) atoms. The Balaban J connectivity index is 1.28. The molecule has 0 aromatic heterocycles. The molecule has 2 heterocycles. The summed E-state index contributed by atoms with van der Waals surface area (Å²) in [7, 11) is 0. The summed E-state index contributed by atoms with van der Waals surface area (Å²) in [5.41, 5.74) is 3.41. The Morgan fingerprint density at radius 2 is 1.67 bits per heavy atom. The first-order valence-corrected chi connectivity index (χ1v) is 10.6. The molecule has 4 rings (SSSR count). The van der Waals surface area contributed by atoms with E-state index in [1.807, 2.05) is 23.1 Å². The van der Waals surface area contributed by atoms with Gasteiger partial charge in [0.15, 0.2) is 0 Å². The van der Waals surface area contributed by atoms with Crippen molar-refractivity contribution in [2.24, 2.45) is 0 Å². The Morgan fingerprint density at radius 1 is 0.933 bits per heavy atom. The zero-order chi connectivity index (χ0) is 20.8. The number of piperazine rings is 1. The second-order valence-electron chi connectivity index (χ2n) is 7.81. The van der Waals surface area contributed by atoms with Crippen LogP contribution in [0.4, 0.5) is 10.5 Å². The second-order valence-corrected chi connectivity index (χ2v) is 7.81. The molecule has 0 aliphatic carbocycles. The third kappa shape index (κ3) is 5.23. The summed E-state index contributed by atoms with van der Waals surface area (Å²) in [6, 6.07) is 15.6. The lowest BCUT2D eigenvalue weighted by Gasteiger charge is -2.36. The van der Waals surface area contributed by atoms with Crippen molar-refractivity contribution in [2.75, 3.05) is 57.4 Å². The van der Waals surface area contributed by atoms with Gasteiger partial charge in [0, 0.05) is 64.1 Å². The lowest BCUT2D eigenvalue weighted by atomic mass is 10.1. The van der Waals surface area contributed by atoms with Gasteiger partial charge in [0.2, 0.25) is 0 Å². The molecule has 0 bridgehead atoms. The van der Waals surface area contributed by atoms with Crippen molar-refractivity contribution in [3.05, 3.63) is 59.7 Å². The Bertz CT molecular complexity index is 846. The maximum absolute atomic E-state index is 12.7. The molecular weight excluding hydrogens is 380 g/mol. The number of phenolic OH excluding ortho intramolecular Hbond substituents is 1. The number of hydrogen-bond donors (Lipinski definition) is 2. The van der Waals surface area contributed by atoms with Gasteiger partial charge in [-0.2, -0.15) is 0 Å². The summed E-state index contributed by atoms with van der Waals surface area (Å²) in [6.07, 6.45) is 0. The van der Waals surface area contributed by atoms with Gasteiger partial charge in [-0.05, 0) is 23.3 Å².